The minimum atomic E-state index is -0.726. The summed E-state index contributed by atoms with van der Waals surface area (Å²) in [7, 11) is 0. The van der Waals surface area contributed by atoms with Crippen LogP contribution in [0.2, 0.25) is 0 Å². The second-order valence-corrected chi connectivity index (χ2v) is 5.01. The van der Waals surface area contributed by atoms with Crippen LogP contribution >= 0.6 is 11.3 Å². The summed E-state index contributed by atoms with van der Waals surface area (Å²) in [6, 6.07) is 4.19. The van der Waals surface area contributed by atoms with Crippen LogP contribution in [0.4, 0.5) is 0 Å². The van der Waals surface area contributed by atoms with Crippen LogP contribution in [0.1, 0.15) is 41.5 Å². The lowest BCUT2D eigenvalue weighted by Gasteiger charge is -2.08. The molecule has 1 rings (SSSR count). The molecule has 4 heteroatoms. The average Bonchev–Trinajstić information content (AvgIpc) is 2.59. The summed E-state index contributed by atoms with van der Waals surface area (Å²) in [6.07, 6.45) is 2.71. The van der Waals surface area contributed by atoms with Gasteiger partial charge < -0.3 is 10.8 Å². The van der Waals surface area contributed by atoms with E-state index in [1.54, 1.807) is 11.3 Å². The van der Waals surface area contributed by atoms with Crippen LogP contribution < -0.4 is 5.73 Å². The summed E-state index contributed by atoms with van der Waals surface area (Å²) in [5, 5.41) is 8.47. The molecule has 1 atom stereocenters. The highest BCUT2D eigenvalue weighted by Gasteiger charge is 2.08. The number of unbranched alkanes of at least 4 members (excludes halogenated alkanes) is 1. The minimum Gasteiger partial charge on any atom is -0.481 e. The number of carboxylic acid groups (broad SMARTS) is 1. The minimum absolute atomic E-state index is 0.0671. The van der Waals surface area contributed by atoms with Crippen LogP contribution in [0.3, 0.4) is 0 Å². The Kier molecular flexibility index (Phi) is 4.78. The van der Waals surface area contributed by atoms with Crippen molar-refractivity contribution in [2.24, 2.45) is 5.73 Å². The molecule has 3 nitrogen and oxygen atoms in total. The number of rotatable bonds is 6. The molecule has 84 valence electrons. The van der Waals surface area contributed by atoms with E-state index < -0.39 is 5.97 Å². The second kappa shape index (κ2) is 5.88. The Hall–Kier alpha value is -0.870. The average molecular weight is 227 g/mol. The normalized spacial score (nSPS) is 12.7. The van der Waals surface area contributed by atoms with Gasteiger partial charge in [0.15, 0.2) is 0 Å². The van der Waals surface area contributed by atoms with Crippen molar-refractivity contribution in [2.45, 2.75) is 38.6 Å². The largest absolute Gasteiger partial charge is 0.481 e. The van der Waals surface area contributed by atoms with E-state index in [0.29, 0.717) is 6.42 Å². The highest BCUT2D eigenvalue weighted by Crippen LogP contribution is 2.24. The predicted octanol–water partition coefficient (Wildman–Crippen LogP) is 2.70. The third-order valence-corrected chi connectivity index (χ3v) is 3.41. The molecule has 0 saturated carbocycles. The molecule has 0 bridgehead atoms. The van der Waals surface area contributed by atoms with E-state index in [9.17, 15) is 4.79 Å². The van der Waals surface area contributed by atoms with Gasteiger partial charge in [-0.3, -0.25) is 4.79 Å². The van der Waals surface area contributed by atoms with E-state index in [1.807, 2.05) is 0 Å². The summed E-state index contributed by atoms with van der Waals surface area (Å²) in [5.74, 6) is -0.726. The molecule has 3 N–H and O–H groups in total. The van der Waals surface area contributed by atoms with Gasteiger partial charge in [-0.1, -0.05) is 6.42 Å². The fourth-order valence-electron chi connectivity index (χ4n) is 1.44. The molecule has 0 aromatic carbocycles. The third kappa shape index (κ3) is 4.44. The summed E-state index contributed by atoms with van der Waals surface area (Å²) < 4.78 is 0. The summed E-state index contributed by atoms with van der Waals surface area (Å²) in [5.41, 5.74) is 5.99. The first kappa shape index (κ1) is 12.2. The van der Waals surface area contributed by atoms with E-state index in [1.165, 1.54) is 9.75 Å². The summed E-state index contributed by atoms with van der Waals surface area (Å²) >= 11 is 1.72. The molecule has 1 aromatic heterocycles. The number of aryl methyl sites for hydroxylation is 1. The third-order valence-electron chi connectivity index (χ3n) is 2.28. The van der Waals surface area contributed by atoms with E-state index in [-0.39, 0.29) is 12.5 Å². The maximum atomic E-state index is 10.3. The monoisotopic (exact) mass is 227 g/mol. The molecule has 0 aliphatic rings. The van der Waals surface area contributed by atoms with Crippen LogP contribution in [0.5, 0.6) is 0 Å². The van der Waals surface area contributed by atoms with Gasteiger partial charge in [-0.2, -0.15) is 0 Å². The van der Waals surface area contributed by atoms with Gasteiger partial charge in [-0.25, -0.2) is 0 Å². The van der Waals surface area contributed by atoms with Crippen molar-refractivity contribution in [1.82, 2.24) is 0 Å². The molecule has 0 fully saturated rings. The Bertz CT molecular complexity index is 322. The van der Waals surface area contributed by atoms with Crippen molar-refractivity contribution in [3.05, 3.63) is 21.9 Å². The fraction of sp³-hybridized carbons (Fsp3) is 0.545. The predicted molar refractivity (Wildman–Crippen MR) is 62.1 cm³/mol. The Balaban J connectivity index is 2.24. The Morgan fingerprint density at radius 3 is 2.80 bits per heavy atom. The van der Waals surface area contributed by atoms with Gasteiger partial charge in [-0.15, -0.1) is 11.3 Å². The smallest absolute Gasteiger partial charge is 0.303 e. The first-order chi connectivity index (χ1) is 7.09. The number of carboxylic acids is 1. The summed E-state index contributed by atoms with van der Waals surface area (Å²) in [4.78, 5) is 12.8. The number of hydrogen-bond donors (Lipinski definition) is 2. The van der Waals surface area contributed by atoms with Crippen LogP contribution in [-0.4, -0.2) is 11.1 Å². The highest BCUT2D eigenvalue weighted by molar-refractivity contribution is 7.12. The number of carbonyl (C=O) groups is 1. The van der Waals surface area contributed by atoms with Crippen molar-refractivity contribution in [2.75, 3.05) is 0 Å². The molecule has 15 heavy (non-hydrogen) atoms. The zero-order chi connectivity index (χ0) is 11.3. The number of thiophene rings is 1. The van der Waals surface area contributed by atoms with Crippen LogP contribution in [-0.2, 0) is 4.79 Å². The van der Waals surface area contributed by atoms with Crippen LogP contribution in [0.15, 0.2) is 12.1 Å². The molecule has 0 radical (unpaired) electrons. The standard InChI is InChI=1S/C11H17NO2S/c1-8-6-7-10(15-8)9(12)4-2-3-5-11(13)14/h6-7,9H,2-5,12H2,1H3,(H,13,14). The Labute approximate surface area is 93.9 Å². The van der Waals surface area contributed by atoms with E-state index >= 15 is 0 Å². The molecule has 0 spiro atoms. The summed E-state index contributed by atoms with van der Waals surface area (Å²) in [6.45, 7) is 2.06. The maximum absolute atomic E-state index is 10.3. The SMILES string of the molecule is Cc1ccc(C(N)CCCCC(=O)O)s1. The molecule has 0 amide bonds. The lowest BCUT2D eigenvalue weighted by atomic mass is 10.1. The maximum Gasteiger partial charge on any atom is 0.303 e. The van der Waals surface area contributed by atoms with Crippen molar-refractivity contribution in [1.29, 1.82) is 0 Å². The zero-order valence-corrected chi connectivity index (χ0v) is 9.72. The first-order valence-corrected chi connectivity index (χ1v) is 5.95. The molecule has 0 aliphatic carbocycles. The van der Waals surface area contributed by atoms with Crippen molar-refractivity contribution < 1.29 is 9.90 Å². The highest BCUT2D eigenvalue weighted by atomic mass is 32.1. The topological polar surface area (TPSA) is 63.3 Å². The molecule has 1 unspecified atom stereocenters. The molecule has 1 aromatic rings. The fourth-order valence-corrected chi connectivity index (χ4v) is 2.35. The van der Waals surface area contributed by atoms with Gasteiger partial charge in [0.05, 0.1) is 0 Å². The second-order valence-electron chi connectivity index (χ2n) is 3.69. The van der Waals surface area contributed by atoms with E-state index in [0.717, 1.165) is 12.8 Å². The Morgan fingerprint density at radius 2 is 2.27 bits per heavy atom. The van der Waals surface area contributed by atoms with Gasteiger partial charge in [0.25, 0.3) is 0 Å². The number of aliphatic carboxylic acids is 1. The van der Waals surface area contributed by atoms with Crippen molar-refractivity contribution >= 4 is 17.3 Å². The quantitative estimate of drug-likeness (QED) is 0.734. The number of nitrogens with two attached hydrogens (primary N) is 1. The van der Waals surface area contributed by atoms with Crippen LogP contribution in [0, 0.1) is 6.92 Å². The molecule has 0 aliphatic heterocycles. The Morgan fingerprint density at radius 1 is 1.53 bits per heavy atom. The molecular weight excluding hydrogens is 210 g/mol. The van der Waals surface area contributed by atoms with Crippen molar-refractivity contribution in [3.63, 3.8) is 0 Å². The number of hydrogen-bond acceptors (Lipinski definition) is 3. The molecular formula is C11H17NO2S. The van der Waals surface area contributed by atoms with Crippen molar-refractivity contribution in [3.8, 4) is 0 Å². The zero-order valence-electron chi connectivity index (χ0n) is 8.90. The molecule has 1 heterocycles. The van der Waals surface area contributed by atoms with Gasteiger partial charge in [0, 0.05) is 22.2 Å². The first-order valence-electron chi connectivity index (χ1n) is 5.13. The lowest BCUT2D eigenvalue weighted by Crippen LogP contribution is -2.08. The van der Waals surface area contributed by atoms with Gasteiger partial charge in [0.1, 0.15) is 0 Å². The van der Waals surface area contributed by atoms with Gasteiger partial charge in [0.2, 0.25) is 0 Å². The van der Waals surface area contributed by atoms with Crippen LogP contribution in [0.25, 0.3) is 0 Å². The van der Waals surface area contributed by atoms with Gasteiger partial charge >= 0.3 is 5.97 Å². The van der Waals surface area contributed by atoms with E-state index in [4.69, 9.17) is 10.8 Å². The lowest BCUT2D eigenvalue weighted by molar-refractivity contribution is -0.137. The van der Waals surface area contributed by atoms with Gasteiger partial charge in [-0.05, 0) is 31.9 Å². The molecule has 0 saturated heterocycles. The van der Waals surface area contributed by atoms with E-state index in [2.05, 4.69) is 19.1 Å².